The molecule has 5 nitrogen and oxygen atoms in total. The summed E-state index contributed by atoms with van der Waals surface area (Å²) >= 11 is 3.35. The smallest absolute Gasteiger partial charge is 0.166 e. The van der Waals surface area contributed by atoms with Gasteiger partial charge in [0.15, 0.2) is 5.82 Å². The third-order valence-electron chi connectivity index (χ3n) is 2.11. The second-order valence-corrected chi connectivity index (χ2v) is 4.06. The number of nitrogens with zero attached hydrogens (tertiary/aromatic N) is 3. The van der Waals surface area contributed by atoms with Gasteiger partial charge in [-0.2, -0.15) is 5.26 Å². The Balaban J connectivity index is 2.62. The zero-order valence-corrected chi connectivity index (χ0v) is 9.77. The molecule has 6 heteroatoms. The Morgan fingerprint density at radius 1 is 1.38 bits per heavy atom. The largest absolute Gasteiger partial charge is 0.382 e. The van der Waals surface area contributed by atoms with Gasteiger partial charge < -0.3 is 11.5 Å². The van der Waals surface area contributed by atoms with Crippen LogP contribution in [0.15, 0.2) is 28.7 Å². The van der Waals surface area contributed by atoms with Crippen LogP contribution in [0, 0.1) is 11.3 Å². The molecule has 4 N–H and O–H groups in total. The van der Waals surface area contributed by atoms with E-state index < -0.39 is 0 Å². The predicted octanol–water partition coefficient (Wildman–Crippen LogP) is 1.67. The van der Waals surface area contributed by atoms with Crippen LogP contribution in [0.4, 0.5) is 11.6 Å². The van der Waals surface area contributed by atoms with Crippen molar-refractivity contribution in [2.75, 3.05) is 11.5 Å². The van der Waals surface area contributed by atoms with Crippen molar-refractivity contribution in [3.63, 3.8) is 0 Å². The fourth-order valence-electron chi connectivity index (χ4n) is 1.37. The number of nitriles is 1. The van der Waals surface area contributed by atoms with Gasteiger partial charge in [0, 0.05) is 4.47 Å². The Bertz CT molecular complexity index is 581. The van der Waals surface area contributed by atoms with E-state index in [-0.39, 0.29) is 17.2 Å². The lowest BCUT2D eigenvalue weighted by Crippen LogP contribution is -2.02. The maximum absolute atomic E-state index is 8.84. The molecule has 0 aliphatic carbocycles. The summed E-state index contributed by atoms with van der Waals surface area (Å²) in [6.07, 6.45) is 0. The number of nitrogens with two attached hydrogens (primary N) is 2. The van der Waals surface area contributed by atoms with Crippen LogP contribution in [-0.4, -0.2) is 9.78 Å². The number of hydrogen-bond donors (Lipinski definition) is 2. The van der Waals surface area contributed by atoms with Gasteiger partial charge in [-0.15, -0.1) is 5.10 Å². The molecule has 2 aromatic rings. The molecule has 0 unspecified atom stereocenters. The number of anilines is 2. The van der Waals surface area contributed by atoms with Crippen LogP contribution in [0.2, 0.25) is 0 Å². The third-order valence-corrected chi connectivity index (χ3v) is 2.61. The molecule has 80 valence electrons. The first kappa shape index (κ1) is 10.5. The summed E-state index contributed by atoms with van der Waals surface area (Å²) in [4.78, 5) is 0. The number of hydrogen-bond acceptors (Lipinski definition) is 4. The normalized spacial score (nSPS) is 10.0. The SMILES string of the molecule is N#Cc1c(N)nn(-c2cccc(Br)c2)c1N. The van der Waals surface area contributed by atoms with E-state index in [0.717, 1.165) is 10.2 Å². The van der Waals surface area contributed by atoms with Crippen LogP contribution in [0.25, 0.3) is 5.69 Å². The minimum Gasteiger partial charge on any atom is -0.382 e. The summed E-state index contributed by atoms with van der Waals surface area (Å²) in [7, 11) is 0. The first-order valence-corrected chi connectivity index (χ1v) is 5.23. The highest BCUT2D eigenvalue weighted by molar-refractivity contribution is 9.10. The molecule has 1 aromatic carbocycles. The van der Waals surface area contributed by atoms with Crippen LogP contribution in [0.1, 0.15) is 5.56 Å². The standard InChI is InChI=1S/C10H8BrN5/c11-6-2-1-3-7(4-6)16-10(14)8(5-12)9(13)15-16/h1-4H,14H2,(H2,13,15). The van der Waals surface area contributed by atoms with Crippen molar-refractivity contribution in [2.45, 2.75) is 0 Å². The highest BCUT2D eigenvalue weighted by atomic mass is 79.9. The highest BCUT2D eigenvalue weighted by Crippen LogP contribution is 2.23. The van der Waals surface area contributed by atoms with E-state index in [9.17, 15) is 0 Å². The number of rotatable bonds is 1. The average molecular weight is 278 g/mol. The van der Waals surface area contributed by atoms with Crippen LogP contribution >= 0.6 is 15.9 Å². The molecular weight excluding hydrogens is 270 g/mol. The summed E-state index contributed by atoms with van der Waals surface area (Å²) < 4.78 is 2.34. The van der Waals surface area contributed by atoms with Crippen molar-refractivity contribution in [1.82, 2.24) is 9.78 Å². The van der Waals surface area contributed by atoms with E-state index in [4.69, 9.17) is 16.7 Å². The van der Waals surface area contributed by atoms with E-state index in [1.54, 1.807) is 0 Å². The second kappa shape index (κ2) is 3.87. The molecule has 1 aromatic heterocycles. The minimum absolute atomic E-state index is 0.139. The van der Waals surface area contributed by atoms with Gasteiger partial charge in [-0.1, -0.05) is 22.0 Å². The Morgan fingerprint density at radius 2 is 2.12 bits per heavy atom. The van der Waals surface area contributed by atoms with E-state index in [0.29, 0.717) is 0 Å². The fourth-order valence-corrected chi connectivity index (χ4v) is 1.76. The quantitative estimate of drug-likeness (QED) is 0.829. The van der Waals surface area contributed by atoms with E-state index in [1.165, 1.54) is 4.68 Å². The minimum atomic E-state index is 0.139. The van der Waals surface area contributed by atoms with E-state index in [1.807, 2.05) is 30.3 Å². The number of aromatic nitrogens is 2. The van der Waals surface area contributed by atoms with Gasteiger partial charge >= 0.3 is 0 Å². The Kier molecular flexibility index (Phi) is 2.54. The maximum atomic E-state index is 8.84. The Labute approximate surface area is 100 Å². The molecule has 2 rings (SSSR count). The van der Waals surface area contributed by atoms with Crippen LogP contribution in [0.3, 0.4) is 0 Å². The topological polar surface area (TPSA) is 93.6 Å². The van der Waals surface area contributed by atoms with Gasteiger partial charge in [-0.3, -0.25) is 0 Å². The molecular formula is C10H8BrN5. The van der Waals surface area contributed by atoms with Crippen LogP contribution in [-0.2, 0) is 0 Å². The molecule has 0 aliphatic heterocycles. The summed E-state index contributed by atoms with van der Waals surface area (Å²) in [5, 5.41) is 12.9. The van der Waals surface area contributed by atoms with Gasteiger partial charge in [-0.25, -0.2) is 4.68 Å². The Morgan fingerprint density at radius 3 is 2.69 bits per heavy atom. The molecule has 0 aliphatic rings. The molecule has 0 saturated carbocycles. The molecule has 0 spiro atoms. The molecule has 1 heterocycles. The zero-order valence-electron chi connectivity index (χ0n) is 8.18. The van der Waals surface area contributed by atoms with Crippen LogP contribution < -0.4 is 11.5 Å². The lowest BCUT2D eigenvalue weighted by atomic mass is 10.3. The van der Waals surface area contributed by atoms with Gasteiger partial charge in [0.2, 0.25) is 0 Å². The summed E-state index contributed by atoms with van der Waals surface area (Å²) in [5.41, 5.74) is 12.3. The highest BCUT2D eigenvalue weighted by Gasteiger charge is 2.13. The lowest BCUT2D eigenvalue weighted by molar-refractivity contribution is 0.896. The monoisotopic (exact) mass is 277 g/mol. The molecule has 0 saturated heterocycles. The summed E-state index contributed by atoms with van der Waals surface area (Å²) in [6, 6.07) is 9.33. The van der Waals surface area contributed by atoms with Gasteiger partial charge in [0.05, 0.1) is 5.69 Å². The lowest BCUT2D eigenvalue weighted by Gasteiger charge is -2.03. The first-order chi connectivity index (χ1) is 7.63. The fraction of sp³-hybridized carbons (Fsp3) is 0. The van der Waals surface area contributed by atoms with Crippen LogP contribution in [0.5, 0.6) is 0 Å². The van der Waals surface area contributed by atoms with Crippen molar-refractivity contribution >= 4 is 27.6 Å². The molecule has 0 fully saturated rings. The molecule has 0 radical (unpaired) electrons. The van der Waals surface area contributed by atoms with Crippen molar-refractivity contribution in [2.24, 2.45) is 0 Å². The summed E-state index contributed by atoms with van der Waals surface area (Å²) in [6.45, 7) is 0. The zero-order chi connectivity index (χ0) is 11.7. The van der Waals surface area contributed by atoms with E-state index >= 15 is 0 Å². The third kappa shape index (κ3) is 1.61. The average Bonchev–Trinajstić information content (AvgIpc) is 2.54. The van der Waals surface area contributed by atoms with Crippen molar-refractivity contribution in [3.8, 4) is 11.8 Å². The molecule has 16 heavy (non-hydrogen) atoms. The molecule has 0 atom stereocenters. The van der Waals surface area contributed by atoms with Crippen molar-refractivity contribution in [1.29, 1.82) is 5.26 Å². The molecule has 0 bridgehead atoms. The van der Waals surface area contributed by atoms with Crippen molar-refractivity contribution < 1.29 is 0 Å². The van der Waals surface area contributed by atoms with Gasteiger partial charge in [0.1, 0.15) is 17.5 Å². The first-order valence-electron chi connectivity index (χ1n) is 4.43. The second-order valence-electron chi connectivity index (χ2n) is 3.15. The van der Waals surface area contributed by atoms with Gasteiger partial charge in [0.25, 0.3) is 0 Å². The number of nitrogen functional groups attached to an aromatic ring is 2. The summed E-state index contributed by atoms with van der Waals surface area (Å²) in [5.74, 6) is 0.387. The maximum Gasteiger partial charge on any atom is 0.166 e. The van der Waals surface area contributed by atoms with E-state index in [2.05, 4.69) is 21.0 Å². The Hall–Kier alpha value is -2.00. The van der Waals surface area contributed by atoms with Gasteiger partial charge in [-0.05, 0) is 18.2 Å². The number of benzene rings is 1. The predicted molar refractivity (Wildman–Crippen MR) is 64.8 cm³/mol. The number of halogens is 1. The van der Waals surface area contributed by atoms with Crippen molar-refractivity contribution in [3.05, 3.63) is 34.3 Å². The molecule has 0 amide bonds.